The van der Waals surface area contributed by atoms with Crippen LogP contribution in [0.4, 0.5) is 4.79 Å². The Balaban J connectivity index is 1.78. The third-order valence-corrected chi connectivity index (χ3v) is 4.61. The zero-order chi connectivity index (χ0) is 16.4. The van der Waals surface area contributed by atoms with Gasteiger partial charge in [0.2, 0.25) is 5.91 Å². The Morgan fingerprint density at radius 1 is 1.48 bits per heavy atom. The molecule has 0 aromatic heterocycles. The van der Waals surface area contributed by atoms with E-state index in [9.17, 15) is 9.59 Å². The second kappa shape index (κ2) is 6.76. The van der Waals surface area contributed by atoms with Crippen molar-refractivity contribution in [3.8, 4) is 0 Å². The molecule has 7 heteroatoms. The SMILES string of the molecule is COCCNC(=O)N1CC(=O)N2CCc3ccc(Cl)cc3C2C1. The van der Waals surface area contributed by atoms with E-state index < -0.39 is 0 Å². The van der Waals surface area contributed by atoms with Crippen LogP contribution in [0.3, 0.4) is 0 Å². The Hall–Kier alpha value is -1.79. The number of amides is 3. The molecule has 1 aromatic carbocycles. The van der Waals surface area contributed by atoms with Crippen LogP contribution in [0.25, 0.3) is 0 Å². The summed E-state index contributed by atoms with van der Waals surface area (Å²) in [6.07, 6.45) is 0.828. The smallest absolute Gasteiger partial charge is 0.318 e. The van der Waals surface area contributed by atoms with Gasteiger partial charge in [0.15, 0.2) is 0 Å². The van der Waals surface area contributed by atoms with E-state index in [1.54, 1.807) is 12.0 Å². The molecule has 3 amide bonds. The van der Waals surface area contributed by atoms with Gasteiger partial charge in [0.1, 0.15) is 6.54 Å². The first-order valence-electron chi connectivity index (χ1n) is 7.69. The zero-order valence-electron chi connectivity index (χ0n) is 13.0. The standard InChI is InChI=1S/C16H20ClN3O3/c1-23-7-5-18-16(22)19-9-14-13-8-12(17)3-2-11(13)4-6-20(14)15(21)10-19/h2-3,8,14H,4-7,9-10H2,1H3,(H,18,22). The minimum atomic E-state index is -0.232. The summed E-state index contributed by atoms with van der Waals surface area (Å²) < 4.78 is 4.92. The van der Waals surface area contributed by atoms with E-state index in [2.05, 4.69) is 5.32 Å². The lowest BCUT2D eigenvalue weighted by molar-refractivity contribution is -0.139. The highest BCUT2D eigenvalue weighted by molar-refractivity contribution is 6.30. The molecule has 124 valence electrons. The van der Waals surface area contributed by atoms with E-state index in [0.29, 0.717) is 31.3 Å². The first-order chi connectivity index (χ1) is 11.1. The van der Waals surface area contributed by atoms with Crippen LogP contribution in [0.15, 0.2) is 18.2 Å². The summed E-state index contributed by atoms with van der Waals surface area (Å²) in [5.41, 5.74) is 2.25. The van der Waals surface area contributed by atoms with Gasteiger partial charge in [-0.1, -0.05) is 17.7 Å². The van der Waals surface area contributed by atoms with Crippen LogP contribution < -0.4 is 5.32 Å². The highest BCUT2D eigenvalue weighted by Crippen LogP contribution is 2.34. The maximum Gasteiger partial charge on any atom is 0.318 e. The molecular formula is C16H20ClN3O3. The maximum atomic E-state index is 12.4. The number of nitrogens with one attached hydrogen (secondary N) is 1. The molecule has 3 rings (SSSR count). The number of methoxy groups -OCH3 is 1. The van der Waals surface area contributed by atoms with Gasteiger partial charge in [0.05, 0.1) is 12.6 Å². The molecule has 2 aliphatic rings. The van der Waals surface area contributed by atoms with Gasteiger partial charge in [-0.3, -0.25) is 4.79 Å². The Kier molecular flexibility index (Phi) is 4.73. The number of urea groups is 1. The highest BCUT2D eigenvalue weighted by Gasteiger charge is 2.38. The number of halogens is 1. The number of nitrogens with zero attached hydrogens (tertiary/aromatic N) is 2. The number of rotatable bonds is 3. The summed E-state index contributed by atoms with van der Waals surface area (Å²) in [6.45, 7) is 2.17. The highest BCUT2D eigenvalue weighted by atomic mass is 35.5. The summed E-state index contributed by atoms with van der Waals surface area (Å²) in [5.74, 6) is -0.0197. The summed E-state index contributed by atoms with van der Waals surface area (Å²) >= 11 is 6.12. The molecule has 1 fully saturated rings. The normalized spacial score (nSPS) is 20.1. The summed E-state index contributed by atoms with van der Waals surface area (Å²) in [5, 5.41) is 3.42. The van der Waals surface area contributed by atoms with Crippen molar-refractivity contribution >= 4 is 23.5 Å². The summed E-state index contributed by atoms with van der Waals surface area (Å²) in [6, 6.07) is 5.44. The van der Waals surface area contributed by atoms with Crippen molar-refractivity contribution < 1.29 is 14.3 Å². The van der Waals surface area contributed by atoms with Crippen molar-refractivity contribution in [3.05, 3.63) is 34.3 Å². The Labute approximate surface area is 140 Å². The molecule has 0 bridgehead atoms. The fourth-order valence-corrected chi connectivity index (χ4v) is 3.40. The van der Waals surface area contributed by atoms with Crippen molar-refractivity contribution in [2.45, 2.75) is 12.5 Å². The third-order valence-electron chi connectivity index (χ3n) is 4.37. The van der Waals surface area contributed by atoms with Crippen molar-refractivity contribution in [2.24, 2.45) is 0 Å². The van der Waals surface area contributed by atoms with E-state index >= 15 is 0 Å². The Bertz CT molecular complexity index is 623. The lowest BCUT2D eigenvalue weighted by atomic mass is 9.91. The van der Waals surface area contributed by atoms with E-state index in [1.807, 2.05) is 23.1 Å². The van der Waals surface area contributed by atoms with Gasteiger partial charge in [-0.15, -0.1) is 0 Å². The molecule has 6 nitrogen and oxygen atoms in total. The fraction of sp³-hybridized carbons (Fsp3) is 0.500. The number of fused-ring (bicyclic) bond motifs is 3. The fourth-order valence-electron chi connectivity index (χ4n) is 3.22. The number of hydrogen-bond acceptors (Lipinski definition) is 3. The lowest BCUT2D eigenvalue weighted by Gasteiger charge is -2.44. The van der Waals surface area contributed by atoms with Gasteiger partial charge in [-0.25, -0.2) is 4.79 Å². The van der Waals surface area contributed by atoms with Gasteiger partial charge in [-0.2, -0.15) is 0 Å². The number of carbonyl (C=O) groups is 2. The molecule has 2 heterocycles. The lowest BCUT2D eigenvalue weighted by Crippen LogP contribution is -2.57. The van der Waals surface area contributed by atoms with Crippen molar-refractivity contribution in [1.82, 2.24) is 15.1 Å². The molecule has 0 radical (unpaired) electrons. The molecule has 1 unspecified atom stereocenters. The van der Waals surface area contributed by atoms with Crippen LogP contribution in [-0.2, 0) is 16.0 Å². The van der Waals surface area contributed by atoms with E-state index in [0.717, 1.165) is 12.0 Å². The van der Waals surface area contributed by atoms with Gasteiger partial charge in [0, 0.05) is 31.8 Å². The Morgan fingerprint density at radius 3 is 3.09 bits per heavy atom. The molecule has 1 atom stereocenters. The Morgan fingerprint density at radius 2 is 2.30 bits per heavy atom. The summed E-state index contributed by atoms with van der Waals surface area (Å²) in [4.78, 5) is 28.1. The predicted molar refractivity (Wildman–Crippen MR) is 86.5 cm³/mol. The van der Waals surface area contributed by atoms with Crippen LogP contribution in [0.2, 0.25) is 5.02 Å². The number of piperazine rings is 1. The van der Waals surface area contributed by atoms with Crippen LogP contribution in [0, 0.1) is 0 Å². The van der Waals surface area contributed by atoms with Gasteiger partial charge in [0.25, 0.3) is 0 Å². The van der Waals surface area contributed by atoms with Crippen LogP contribution in [0.1, 0.15) is 17.2 Å². The minimum Gasteiger partial charge on any atom is -0.383 e. The van der Waals surface area contributed by atoms with Crippen LogP contribution in [0.5, 0.6) is 0 Å². The first kappa shape index (κ1) is 16.1. The van der Waals surface area contributed by atoms with Crippen molar-refractivity contribution in [3.63, 3.8) is 0 Å². The number of carbonyl (C=O) groups excluding carboxylic acids is 2. The van der Waals surface area contributed by atoms with Crippen LogP contribution in [-0.4, -0.2) is 61.6 Å². The average Bonchev–Trinajstić information content (AvgIpc) is 2.54. The number of ether oxygens (including phenoxy) is 1. The van der Waals surface area contributed by atoms with Gasteiger partial charge in [-0.05, 0) is 29.7 Å². The zero-order valence-corrected chi connectivity index (χ0v) is 13.8. The number of benzene rings is 1. The molecule has 1 N–H and O–H groups in total. The third kappa shape index (κ3) is 3.28. The number of hydrogen-bond donors (Lipinski definition) is 1. The molecule has 1 saturated heterocycles. The minimum absolute atomic E-state index is 0.0197. The quantitative estimate of drug-likeness (QED) is 0.849. The monoisotopic (exact) mass is 337 g/mol. The molecular weight excluding hydrogens is 318 g/mol. The molecule has 2 aliphatic heterocycles. The predicted octanol–water partition coefficient (Wildman–Crippen LogP) is 1.44. The van der Waals surface area contributed by atoms with Crippen molar-refractivity contribution in [2.75, 3.05) is 39.9 Å². The molecule has 1 aromatic rings. The van der Waals surface area contributed by atoms with Gasteiger partial charge >= 0.3 is 6.03 Å². The molecule has 0 saturated carbocycles. The topological polar surface area (TPSA) is 61.9 Å². The van der Waals surface area contributed by atoms with E-state index in [1.165, 1.54) is 5.56 Å². The van der Waals surface area contributed by atoms with Crippen LogP contribution >= 0.6 is 11.6 Å². The second-order valence-electron chi connectivity index (χ2n) is 5.80. The van der Waals surface area contributed by atoms with Crippen molar-refractivity contribution in [1.29, 1.82) is 0 Å². The molecule has 23 heavy (non-hydrogen) atoms. The van der Waals surface area contributed by atoms with Gasteiger partial charge < -0.3 is 19.9 Å². The largest absolute Gasteiger partial charge is 0.383 e. The summed E-state index contributed by atoms with van der Waals surface area (Å²) in [7, 11) is 1.58. The molecule has 0 aliphatic carbocycles. The van der Waals surface area contributed by atoms with E-state index in [-0.39, 0.29) is 24.5 Å². The molecule has 0 spiro atoms. The maximum absolute atomic E-state index is 12.4. The second-order valence-corrected chi connectivity index (χ2v) is 6.24. The van der Waals surface area contributed by atoms with E-state index in [4.69, 9.17) is 16.3 Å². The average molecular weight is 338 g/mol. The first-order valence-corrected chi connectivity index (χ1v) is 8.07.